The van der Waals surface area contributed by atoms with Gasteiger partial charge in [-0.25, -0.2) is 9.78 Å². The third kappa shape index (κ3) is 5.16. The third-order valence-corrected chi connectivity index (χ3v) is 6.20. The number of esters is 1. The molecule has 2 heterocycles. The fourth-order valence-corrected chi connectivity index (χ4v) is 4.47. The topological polar surface area (TPSA) is 80.5 Å². The fourth-order valence-electron chi connectivity index (χ4n) is 3.66. The SMILES string of the molecule is CCOC(=O)c1cnc(CCN/C=C(\N)N2CCCC2C2=CC=C(C)CC2)s1. The minimum absolute atomic E-state index is 0.300. The predicted molar refractivity (Wildman–Crippen MR) is 113 cm³/mol. The summed E-state index contributed by atoms with van der Waals surface area (Å²) in [6.07, 6.45) is 13.4. The highest BCUT2D eigenvalue weighted by atomic mass is 32.1. The van der Waals surface area contributed by atoms with E-state index in [1.165, 1.54) is 35.3 Å². The summed E-state index contributed by atoms with van der Waals surface area (Å²) in [5.74, 6) is 0.492. The summed E-state index contributed by atoms with van der Waals surface area (Å²) in [6, 6.07) is 0.425. The molecule has 0 amide bonds. The van der Waals surface area contributed by atoms with Crippen molar-refractivity contribution in [3.05, 3.63) is 51.4 Å². The van der Waals surface area contributed by atoms with Gasteiger partial charge in [-0.2, -0.15) is 0 Å². The first-order chi connectivity index (χ1) is 13.6. The number of nitrogens with two attached hydrogens (primary N) is 1. The van der Waals surface area contributed by atoms with E-state index in [2.05, 4.69) is 34.3 Å². The molecule has 152 valence electrons. The largest absolute Gasteiger partial charge is 0.462 e. The molecule has 2 aliphatic rings. The maximum atomic E-state index is 11.7. The molecule has 1 aromatic heterocycles. The van der Waals surface area contributed by atoms with Crippen molar-refractivity contribution in [2.45, 2.75) is 52.0 Å². The maximum Gasteiger partial charge on any atom is 0.349 e. The average molecular weight is 403 g/mol. The number of allylic oxidation sites excluding steroid dienone is 3. The fraction of sp³-hybridized carbons (Fsp3) is 0.524. The second-order valence-corrected chi connectivity index (χ2v) is 8.33. The minimum atomic E-state index is -0.300. The zero-order valence-corrected chi connectivity index (χ0v) is 17.6. The molecule has 1 atom stereocenters. The van der Waals surface area contributed by atoms with E-state index in [-0.39, 0.29) is 5.97 Å². The number of carbonyl (C=O) groups excluding carboxylic acids is 1. The summed E-state index contributed by atoms with van der Waals surface area (Å²) in [7, 11) is 0. The van der Waals surface area contributed by atoms with E-state index < -0.39 is 0 Å². The molecule has 0 radical (unpaired) electrons. The molecule has 0 saturated carbocycles. The monoisotopic (exact) mass is 402 g/mol. The molecule has 28 heavy (non-hydrogen) atoms. The highest BCUT2D eigenvalue weighted by molar-refractivity contribution is 7.13. The van der Waals surface area contributed by atoms with Gasteiger partial charge in [-0.1, -0.05) is 17.7 Å². The Morgan fingerprint density at radius 2 is 2.32 bits per heavy atom. The lowest BCUT2D eigenvalue weighted by Crippen LogP contribution is -2.35. The van der Waals surface area contributed by atoms with Gasteiger partial charge in [0.2, 0.25) is 0 Å². The van der Waals surface area contributed by atoms with Crippen molar-refractivity contribution >= 4 is 17.3 Å². The Bertz CT molecular complexity index is 781. The van der Waals surface area contributed by atoms with Gasteiger partial charge in [0.05, 0.1) is 23.9 Å². The predicted octanol–water partition coefficient (Wildman–Crippen LogP) is 3.34. The first-order valence-corrected chi connectivity index (χ1v) is 10.8. The van der Waals surface area contributed by atoms with Crippen LogP contribution in [0.4, 0.5) is 0 Å². The second kappa shape index (κ2) is 9.78. The molecule has 1 aromatic rings. The van der Waals surface area contributed by atoms with Crippen LogP contribution in [-0.4, -0.2) is 41.6 Å². The summed E-state index contributed by atoms with van der Waals surface area (Å²) >= 11 is 1.38. The number of likely N-dealkylation sites (tertiary alicyclic amines) is 1. The molecule has 1 fully saturated rings. The van der Waals surface area contributed by atoms with Crippen LogP contribution in [0, 0.1) is 0 Å². The highest BCUT2D eigenvalue weighted by Crippen LogP contribution is 2.31. The summed E-state index contributed by atoms with van der Waals surface area (Å²) < 4.78 is 5.00. The van der Waals surface area contributed by atoms with E-state index in [0.717, 1.165) is 43.2 Å². The van der Waals surface area contributed by atoms with Crippen molar-refractivity contribution in [2.24, 2.45) is 5.73 Å². The van der Waals surface area contributed by atoms with Gasteiger partial charge in [0.1, 0.15) is 10.7 Å². The van der Waals surface area contributed by atoms with E-state index in [1.54, 1.807) is 13.1 Å². The molecule has 3 N–H and O–H groups in total. The number of rotatable bonds is 8. The molecule has 1 saturated heterocycles. The van der Waals surface area contributed by atoms with E-state index >= 15 is 0 Å². The van der Waals surface area contributed by atoms with Gasteiger partial charge >= 0.3 is 5.97 Å². The van der Waals surface area contributed by atoms with Crippen molar-refractivity contribution in [3.63, 3.8) is 0 Å². The molecule has 7 heteroatoms. The normalized spacial score (nSPS) is 20.0. The Morgan fingerprint density at radius 1 is 1.46 bits per heavy atom. The van der Waals surface area contributed by atoms with Crippen LogP contribution < -0.4 is 11.1 Å². The Kier molecular flexibility index (Phi) is 7.14. The standard InChI is InChI=1S/C21H30N4O2S/c1-3-27-21(26)18-13-24-20(28-18)10-11-23-14-19(22)25-12-4-5-17(25)16-8-6-15(2)7-9-16/h6,8,13-14,17,23H,3-5,7,9-12,22H2,1-2H3/b19-14+. The smallest absolute Gasteiger partial charge is 0.349 e. The van der Waals surface area contributed by atoms with Crippen LogP contribution in [0.3, 0.4) is 0 Å². The molecule has 0 bridgehead atoms. The number of nitrogens with one attached hydrogen (secondary N) is 1. The number of hydrogen-bond donors (Lipinski definition) is 2. The molecular formula is C21H30N4O2S. The van der Waals surface area contributed by atoms with Crippen LogP contribution in [0.1, 0.15) is 54.2 Å². The molecular weight excluding hydrogens is 372 g/mol. The zero-order chi connectivity index (χ0) is 19.9. The van der Waals surface area contributed by atoms with E-state index in [4.69, 9.17) is 10.5 Å². The lowest BCUT2D eigenvalue weighted by atomic mass is 9.93. The molecule has 3 rings (SSSR count). The number of ether oxygens (including phenoxy) is 1. The lowest BCUT2D eigenvalue weighted by molar-refractivity contribution is 0.0532. The first-order valence-electron chi connectivity index (χ1n) is 10.0. The van der Waals surface area contributed by atoms with Crippen molar-refractivity contribution in [2.75, 3.05) is 19.7 Å². The van der Waals surface area contributed by atoms with Crippen LogP contribution in [0.15, 0.2) is 41.5 Å². The molecule has 6 nitrogen and oxygen atoms in total. The number of nitrogens with zero attached hydrogens (tertiary/aromatic N) is 2. The Morgan fingerprint density at radius 3 is 3.07 bits per heavy atom. The first kappa shape index (κ1) is 20.5. The van der Waals surface area contributed by atoms with Crippen LogP contribution in [0.2, 0.25) is 0 Å². The lowest BCUT2D eigenvalue weighted by Gasteiger charge is -2.30. The zero-order valence-electron chi connectivity index (χ0n) is 16.7. The molecule has 1 aliphatic heterocycles. The van der Waals surface area contributed by atoms with Crippen molar-refractivity contribution in [1.29, 1.82) is 0 Å². The molecule has 1 unspecified atom stereocenters. The third-order valence-electron chi connectivity index (χ3n) is 5.17. The Balaban J connectivity index is 1.49. The van der Waals surface area contributed by atoms with Crippen molar-refractivity contribution in [1.82, 2.24) is 15.2 Å². The van der Waals surface area contributed by atoms with Gasteiger partial charge in [0.25, 0.3) is 0 Å². The van der Waals surface area contributed by atoms with Crippen LogP contribution in [0.25, 0.3) is 0 Å². The van der Waals surface area contributed by atoms with Crippen molar-refractivity contribution in [3.8, 4) is 0 Å². The maximum absolute atomic E-state index is 11.7. The van der Waals surface area contributed by atoms with Gasteiger partial charge in [0, 0.05) is 25.7 Å². The number of carbonyl (C=O) groups is 1. The van der Waals surface area contributed by atoms with Crippen LogP contribution >= 0.6 is 11.3 Å². The molecule has 0 spiro atoms. The van der Waals surface area contributed by atoms with Gasteiger partial charge in [-0.15, -0.1) is 11.3 Å². The second-order valence-electron chi connectivity index (χ2n) is 7.22. The van der Waals surface area contributed by atoms with Crippen molar-refractivity contribution < 1.29 is 9.53 Å². The van der Waals surface area contributed by atoms with Gasteiger partial charge in [0.15, 0.2) is 0 Å². The van der Waals surface area contributed by atoms with E-state index in [9.17, 15) is 4.79 Å². The summed E-state index contributed by atoms with van der Waals surface area (Å²) in [5.41, 5.74) is 9.31. The quantitative estimate of drug-likeness (QED) is 0.513. The Hall–Kier alpha value is -2.28. The number of hydrogen-bond acceptors (Lipinski definition) is 7. The number of aromatic nitrogens is 1. The molecule has 1 aliphatic carbocycles. The highest BCUT2D eigenvalue weighted by Gasteiger charge is 2.28. The summed E-state index contributed by atoms with van der Waals surface area (Å²) in [4.78, 5) is 18.9. The summed E-state index contributed by atoms with van der Waals surface area (Å²) in [6.45, 7) is 6.09. The van der Waals surface area contributed by atoms with Crippen LogP contribution in [0.5, 0.6) is 0 Å². The van der Waals surface area contributed by atoms with E-state index in [1.807, 2.05) is 6.20 Å². The van der Waals surface area contributed by atoms with Gasteiger partial charge < -0.3 is 20.7 Å². The molecule has 0 aromatic carbocycles. The Labute approximate surface area is 171 Å². The number of thiazole rings is 1. The summed E-state index contributed by atoms with van der Waals surface area (Å²) in [5, 5.41) is 4.21. The van der Waals surface area contributed by atoms with E-state index in [0.29, 0.717) is 17.5 Å². The minimum Gasteiger partial charge on any atom is -0.462 e. The van der Waals surface area contributed by atoms with Crippen LogP contribution in [-0.2, 0) is 11.2 Å². The van der Waals surface area contributed by atoms with Gasteiger partial charge in [-0.3, -0.25) is 0 Å². The average Bonchev–Trinajstić information content (AvgIpc) is 3.36. The van der Waals surface area contributed by atoms with Gasteiger partial charge in [-0.05, 0) is 45.1 Å².